The van der Waals surface area contributed by atoms with E-state index in [2.05, 4.69) is 10.6 Å². The lowest BCUT2D eigenvalue weighted by Crippen LogP contribution is -2.50. The van der Waals surface area contributed by atoms with Crippen molar-refractivity contribution in [1.29, 1.82) is 0 Å². The van der Waals surface area contributed by atoms with Crippen molar-refractivity contribution >= 4 is 58.0 Å². The Bertz CT molecular complexity index is 823. The zero-order valence-electron chi connectivity index (χ0n) is 16.0. The Labute approximate surface area is 185 Å². The van der Waals surface area contributed by atoms with E-state index in [0.717, 1.165) is 0 Å². The van der Waals surface area contributed by atoms with Crippen molar-refractivity contribution in [3.8, 4) is 0 Å². The molecule has 0 aliphatic rings. The van der Waals surface area contributed by atoms with E-state index in [4.69, 9.17) is 27.5 Å². The minimum atomic E-state index is -1.33. The number of thioether (sulfide) groups is 1. The van der Waals surface area contributed by atoms with Crippen LogP contribution in [0.4, 0.5) is 10.5 Å². The average molecular weight is 477 g/mol. The molecule has 0 heterocycles. The largest absolute Gasteiger partial charge is 0.480 e. The van der Waals surface area contributed by atoms with Gasteiger partial charge in [0.05, 0.1) is 5.69 Å². The van der Waals surface area contributed by atoms with Gasteiger partial charge in [0, 0.05) is 17.2 Å². The lowest BCUT2D eigenvalue weighted by molar-refractivity contribution is -0.139. The van der Waals surface area contributed by atoms with Gasteiger partial charge in [-0.1, -0.05) is 23.4 Å². The molecule has 2 atom stereocenters. The first kappa shape index (κ1) is 26.2. The summed E-state index contributed by atoms with van der Waals surface area (Å²) in [7, 11) is 0. The molecule has 0 saturated heterocycles. The Kier molecular flexibility index (Phi) is 10.8. The molecule has 0 aliphatic carbocycles. The van der Waals surface area contributed by atoms with Crippen LogP contribution in [-0.4, -0.2) is 68.8 Å². The predicted molar refractivity (Wildman–Crippen MR) is 111 cm³/mol. The predicted octanol–water partition coefficient (Wildman–Crippen LogP) is 0.267. The monoisotopic (exact) mass is 476 g/mol. The van der Waals surface area contributed by atoms with E-state index in [1.54, 1.807) is 0 Å². The third-order valence-corrected chi connectivity index (χ3v) is 4.85. The standard InChI is InChI=1S/C17H21ClN4O8S/c18-9-1-3-10(4-2-9)22(30)17(29)31-8-12(15(26)20-7-14(24)25)21-13(23)6-5-11(19)16(27)28/h1-4,11-12,30H,5-8,19H2,(H,20,26)(H,21,23)(H,24,25)(H,27,28)/t11-,12+/m1/s1. The highest BCUT2D eigenvalue weighted by Crippen LogP contribution is 2.20. The number of halogens is 1. The number of rotatable bonds is 11. The highest BCUT2D eigenvalue weighted by atomic mass is 35.5. The number of hydroxylamine groups is 1. The Balaban J connectivity index is 2.74. The number of hydrogen-bond acceptors (Lipinski definition) is 8. The van der Waals surface area contributed by atoms with Crippen LogP contribution in [0.25, 0.3) is 0 Å². The molecule has 0 fully saturated rings. The number of carboxylic acid groups (broad SMARTS) is 2. The molecule has 170 valence electrons. The van der Waals surface area contributed by atoms with Gasteiger partial charge in [0.15, 0.2) is 0 Å². The molecule has 0 saturated carbocycles. The van der Waals surface area contributed by atoms with Crippen LogP contribution in [0.1, 0.15) is 12.8 Å². The van der Waals surface area contributed by atoms with Crippen LogP contribution in [0.15, 0.2) is 24.3 Å². The molecule has 12 nitrogen and oxygen atoms in total. The Morgan fingerprint density at radius 2 is 1.74 bits per heavy atom. The maximum Gasteiger partial charge on any atom is 0.322 e. The third-order valence-electron chi connectivity index (χ3n) is 3.68. The molecule has 1 aromatic carbocycles. The molecule has 7 N–H and O–H groups in total. The minimum absolute atomic E-state index is 0.112. The smallest absolute Gasteiger partial charge is 0.322 e. The molecule has 31 heavy (non-hydrogen) atoms. The molecule has 0 radical (unpaired) electrons. The topological polar surface area (TPSA) is 199 Å². The molecular weight excluding hydrogens is 456 g/mol. The molecule has 1 rings (SSSR count). The quantitative estimate of drug-likeness (QED) is 0.190. The number of nitrogens with zero attached hydrogens (tertiary/aromatic N) is 1. The van der Waals surface area contributed by atoms with Gasteiger partial charge in [-0.25, -0.2) is 0 Å². The SMILES string of the molecule is N[C@H](CCC(=O)N[C@@H](CSC(=O)N(O)c1ccc(Cl)cc1)C(=O)NCC(=O)O)C(=O)O. The summed E-state index contributed by atoms with van der Waals surface area (Å²) in [5.41, 5.74) is 5.43. The lowest BCUT2D eigenvalue weighted by atomic mass is 10.1. The minimum Gasteiger partial charge on any atom is -0.480 e. The zero-order valence-corrected chi connectivity index (χ0v) is 17.6. The molecule has 14 heteroatoms. The normalized spacial score (nSPS) is 12.4. The Morgan fingerprint density at radius 3 is 2.29 bits per heavy atom. The van der Waals surface area contributed by atoms with E-state index in [1.807, 2.05) is 0 Å². The molecule has 3 amide bonds. The lowest BCUT2D eigenvalue weighted by Gasteiger charge is -2.19. The second-order valence-corrected chi connectivity index (χ2v) is 7.49. The summed E-state index contributed by atoms with van der Waals surface area (Å²) < 4.78 is 0. The number of nitrogens with one attached hydrogen (secondary N) is 2. The van der Waals surface area contributed by atoms with E-state index in [0.29, 0.717) is 21.8 Å². The van der Waals surface area contributed by atoms with E-state index in [9.17, 15) is 29.2 Å². The van der Waals surface area contributed by atoms with E-state index < -0.39 is 47.6 Å². The number of carbonyl (C=O) groups excluding carboxylic acids is 3. The second-order valence-electron chi connectivity index (χ2n) is 6.08. The fourth-order valence-corrected chi connectivity index (χ4v) is 2.95. The van der Waals surface area contributed by atoms with Crippen LogP contribution in [0.3, 0.4) is 0 Å². The van der Waals surface area contributed by atoms with Crippen LogP contribution in [0, 0.1) is 0 Å². The summed E-state index contributed by atoms with van der Waals surface area (Å²) >= 11 is 6.23. The van der Waals surface area contributed by atoms with Gasteiger partial charge in [-0.2, -0.15) is 5.06 Å². The first-order valence-corrected chi connectivity index (χ1v) is 10.1. The van der Waals surface area contributed by atoms with E-state index in [-0.39, 0.29) is 24.3 Å². The van der Waals surface area contributed by atoms with Crippen molar-refractivity contribution in [3.63, 3.8) is 0 Å². The summed E-state index contributed by atoms with van der Waals surface area (Å²) in [6.45, 7) is -0.718. The van der Waals surface area contributed by atoms with Crippen molar-refractivity contribution in [3.05, 3.63) is 29.3 Å². The Morgan fingerprint density at radius 1 is 1.13 bits per heavy atom. The molecule has 0 bridgehead atoms. The molecule has 0 aliphatic heterocycles. The van der Waals surface area contributed by atoms with Crippen molar-refractivity contribution in [2.45, 2.75) is 24.9 Å². The molecule has 0 unspecified atom stereocenters. The van der Waals surface area contributed by atoms with Crippen molar-refractivity contribution in [1.82, 2.24) is 10.6 Å². The van der Waals surface area contributed by atoms with Gasteiger partial charge in [-0.3, -0.25) is 29.2 Å². The van der Waals surface area contributed by atoms with Gasteiger partial charge in [0.1, 0.15) is 18.6 Å². The first-order valence-electron chi connectivity index (χ1n) is 8.69. The number of carboxylic acids is 2. The van der Waals surface area contributed by atoms with Gasteiger partial charge in [-0.05, 0) is 30.7 Å². The summed E-state index contributed by atoms with van der Waals surface area (Å²) in [6.07, 6.45) is -0.511. The fourth-order valence-electron chi connectivity index (χ4n) is 2.05. The number of hydrogen-bond donors (Lipinski definition) is 6. The summed E-state index contributed by atoms with van der Waals surface area (Å²) in [4.78, 5) is 57.8. The van der Waals surface area contributed by atoms with Crippen molar-refractivity contribution in [2.24, 2.45) is 5.73 Å². The maximum atomic E-state index is 12.2. The molecular formula is C17H21ClN4O8S. The van der Waals surface area contributed by atoms with Gasteiger partial charge in [-0.15, -0.1) is 0 Å². The van der Waals surface area contributed by atoms with Crippen molar-refractivity contribution in [2.75, 3.05) is 17.4 Å². The zero-order chi connectivity index (χ0) is 23.6. The van der Waals surface area contributed by atoms with Crippen LogP contribution in [0.5, 0.6) is 0 Å². The summed E-state index contributed by atoms with van der Waals surface area (Å²) in [5, 5.41) is 31.6. The van der Waals surface area contributed by atoms with Gasteiger partial charge in [0.25, 0.3) is 0 Å². The van der Waals surface area contributed by atoms with Crippen LogP contribution in [-0.2, 0) is 19.2 Å². The number of benzene rings is 1. The maximum absolute atomic E-state index is 12.2. The second kappa shape index (κ2) is 12.7. The number of carbonyl (C=O) groups is 5. The first-order chi connectivity index (χ1) is 14.5. The van der Waals surface area contributed by atoms with Crippen LogP contribution < -0.4 is 21.4 Å². The van der Waals surface area contributed by atoms with E-state index >= 15 is 0 Å². The molecule has 0 aromatic heterocycles. The van der Waals surface area contributed by atoms with E-state index in [1.165, 1.54) is 24.3 Å². The van der Waals surface area contributed by atoms with Crippen LogP contribution in [0.2, 0.25) is 5.02 Å². The van der Waals surface area contributed by atoms with Crippen LogP contribution >= 0.6 is 23.4 Å². The Hall–Kier alpha value is -2.87. The summed E-state index contributed by atoms with van der Waals surface area (Å²) in [6, 6.07) is 3.05. The summed E-state index contributed by atoms with van der Waals surface area (Å²) in [5.74, 6) is -4.56. The van der Waals surface area contributed by atoms with Crippen molar-refractivity contribution < 1.29 is 39.4 Å². The fraction of sp³-hybridized carbons (Fsp3) is 0.353. The van der Waals surface area contributed by atoms with Gasteiger partial charge in [0.2, 0.25) is 11.8 Å². The van der Waals surface area contributed by atoms with Gasteiger partial charge < -0.3 is 26.6 Å². The number of anilines is 1. The molecule has 0 spiro atoms. The van der Waals surface area contributed by atoms with Gasteiger partial charge >= 0.3 is 17.2 Å². The highest BCUT2D eigenvalue weighted by molar-refractivity contribution is 8.13. The molecule has 1 aromatic rings. The average Bonchev–Trinajstić information content (AvgIpc) is 2.72. The number of nitrogens with two attached hydrogens (primary N) is 1. The number of amides is 3. The highest BCUT2D eigenvalue weighted by Gasteiger charge is 2.25. The number of aliphatic carboxylic acids is 2. The third kappa shape index (κ3) is 9.65.